The second kappa shape index (κ2) is 7.13. The molecule has 0 aromatic heterocycles. The topological polar surface area (TPSA) is 54.5 Å². The Morgan fingerprint density at radius 1 is 1.13 bits per heavy atom. The summed E-state index contributed by atoms with van der Waals surface area (Å²) in [6.07, 6.45) is 1.48. The van der Waals surface area contributed by atoms with Gasteiger partial charge in [0.05, 0.1) is 12.2 Å². The van der Waals surface area contributed by atoms with Crippen LogP contribution in [-0.4, -0.2) is 43.8 Å². The predicted octanol–water partition coefficient (Wildman–Crippen LogP) is 2.66. The second-order valence-electron chi connectivity index (χ2n) is 5.94. The number of fused-ring (bicyclic) bond motifs is 1. The van der Waals surface area contributed by atoms with Gasteiger partial charge in [0, 0.05) is 18.8 Å². The van der Waals surface area contributed by atoms with Crippen molar-refractivity contribution in [2.45, 2.75) is 26.3 Å². The van der Waals surface area contributed by atoms with Gasteiger partial charge in [0.15, 0.2) is 0 Å². The number of carbonyl (C=O) groups is 1. The SMILES string of the molecule is CCN(C(=O)Cc1cccc2ccccc12)[C@H](C)CS(C)(=O)=O. The highest BCUT2D eigenvalue weighted by Crippen LogP contribution is 2.20. The number of hydrogen-bond acceptors (Lipinski definition) is 3. The smallest absolute Gasteiger partial charge is 0.227 e. The van der Waals surface area contributed by atoms with Crippen molar-refractivity contribution >= 4 is 26.5 Å². The van der Waals surface area contributed by atoms with Crippen LogP contribution in [0.1, 0.15) is 19.4 Å². The largest absolute Gasteiger partial charge is 0.339 e. The first-order valence-electron chi connectivity index (χ1n) is 7.75. The molecule has 0 saturated heterocycles. The number of benzene rings is 2. The lowest BCUT2D eigenvalue weighted by Crippen LogP contribution is -2.42. The van der Waals surface area contributed by atoms with Crippen molar-refractivity contribution in [1.82, 2.24) is 4.90 Å². The molecule has 0 saturated carbocycles. The van der Waals surface area contributed by atoms with Gasteiger partial charge in [-0.3, -0.25) is 4.79 Å². The van der Waals surface area contributed by atoms with Crippen LogP contribution in [0.15, 0.2) is 42.5 Å². The highest BCUT2D eigenvalue weighted by molar-refractivity contribution is 7.90. The summed E-state index contributed by atoms with van der Waals surface area (Å²) in [7, 11) is -3.11. The molecule has 2 rings (SSSR count). The van der Waals surface area contributed by atoms with Crippen LogP contribution in [-0.2, 0) is 21.1 Å². The molecule has 1 amide bonds. The molecule has 0 heterocycles. The number of sulfone groups is 1. The highest BCUT2D eigenvalue weighted by atomic mass is 32.2. The molecule has 1 atom stereocenters. The zero-order valence-corrected chi connectivity index (χ0v) is 14.6. The third-order valence-electron chi connectivity index (χ3n) is 3.96. The molecule has 4 nitrogen and oxygen atoms in total. The Hall–Kier alpha value is -1.88. The van der Waals surface area contributed by atoms with Gasteiger partial charge in [-0.05, 0) is 30.2 Å². The van der Waals surface area contributed by atoms with Gasteiger partial charge >= 0.3 is 0 Å². The van der Waals surface area contributed by atoms with Gasteiger partial charge in [-0.2, -0.15) is 0 Å². The molecule has 0 aliphatic rings. The molecule has 0 aliphatic heterocycles. The van der Waals surface area contributed by atoms with Crippen LogP contribution in [0.2, 0.25) is 0 Å². The number of nitrogens with zero attached hydrogens (tertiary/aromatic N) is 1. The monoisotopic (exact) mass is 333 g/mol. The van der Waals surface area contributed by atoms with Crippen molar-refractivity contribution in [2.24, 2.45) is 0 Å². The molecule has 5 heteroatoms. The Bertz CT molecular complexity index is 794. The van der Waals surface area contributed by atoms with E-state index in [4.69, 9.17) is 0 Å². The maximum atomic E-state index is 12.6. The Labute approximate surface area is 138 Å². The lowest BCUT2D eigenvalue weighted by molar-refractivity contribution is -0.131. The molecular formula is C18H23NO3S. The maximum Gasteiger partial charge on any atom is 0.227 e. The lowest BCUT2D eigenvalue weighted by atomic mass is 10.0. The number of carbonyl (C=O) groups excluding carboxylic acids is 1. The second-order valence-corrected chi connectivity index (χ2v) is 8.12. The summed E-state index contributed by atoms with van der Waals surface area (Å²) >= 11 is 0. The van der Waals surface area contributed by atoms with E-state index < -0.39 is 9.84 Å². The van der Waals surface area contributed by atoms with E-state index in [0.29, 0.717) is 6.54 Å². The molecule has 2 aromatic carbocycles. The number of rotatable bonds is 6. The minimum Gasteiger partial charge on any atom is -0.339 e. The molecule has 0 bridgehead atoms. The van der Waals surface area contributed by atoms with Crippen LogP contribution in [0.25, 0.3) is 10.8 Å². The summed E-state index contributed by atoms with van der Waals surface area (Å²) in [6, 6.07) is 13.6. The summed E-state index contributed by atoms with van der Waals surface area (Å²) in [5.74, 6) is -0.0535. The van der Waals surface area contributed by atoms with E-state index in [2.05, 4.69) is 0 Å². The first-order chi connectivity index (χ1) is 10.8. The van der Waals surface area contributed by atoms with Crippen molar-refractivity contribution < 1.29 is 13.2 Å². The molecule has 0 spiro atoms. The Morgan fingerprint density at radius 3 is 2.43 bits per heavy atom. The van der Waals surface area contributed by atoms with E-state index in [1.54, 1.807) is 11.8 Å². The number of amides is 1. The van der Waals surface area contributed by atoms with Crippen molar-refractivity contribution in [3.8, 4) is 0 Å². The van der Waals surface area contributed by atoms with E-state index in [0.717, 1.165) is 16.3 Å². The Balaban J connectivity index is 2.22. The molecule has 2 aromatic rings. The lowest BCUT2D eigenvalue weighted by Gasteiger charge is -2.28. The van der Waals surface area contributed by atoms with Gasteiger partial charge in [-0.25, -0.2) is 8.42 Å². The van der Waals surface area contributed by atoms with Crippen LogP contribution in [0.4, 0.5) is 0 Å². The van der Waals surface area contributed by atoms with Crippen LogP contribution < -0.4 is 0 Å². The van der Waals surface area contributed by atoms with E-state index in [9.17, 15) is 13.2 Å². The average Bonchev–Trinajstić information content (AvgIpc) is 2.46. The number of likely N-dealkylation sites (N-methyl/N-ethyl adjacent to an activating group) is 1. The Kier molecular flexibility index (Phi) is 5.42. The van der Waals surface area contributed by atoms with Crippen molar-refractivity contribution in [3.05, 3.63) is 48.0 Å². The Morgan fingerprint density at radius 2 is 1.78 bits per heavy atom. The van der Waals surface area contributed by atoms with Crippen LogP contribution in [0.5, 0.6) is 0 Å². The fourth-order valence-electron chi connectivity index (χ4n) is 2.97. The molecule has 0 N–H and O–H groups in total. The third kappa shape index (κ3) is 4.55. The van der Waals surface area contributed by atoms with Crippen LogP contribution in [0.3, 0.4) is 0 Å². The van der Waals surface area contributed by atoms with Gasteiger partial charge in [-0.1, -0.05) is 42.5 Å². The molecule has 0 radical (unpaired) electrons. The maximum absolute atomic E-state index is 12.6. The molecule has 124 valence electrons. The summed E-state index contributed by atoms with van der Waals surface area (Å²) in [5, 5.41) is 2.17. The van der Waals surface area contributed by atoms with Crippen molar-refractivity contribution in [2.75, 3.05) is 18.6 Å². The fourth-order valence-corrected chi connectivity index (χ4v) is 4.03. The predicted molar refractivity (Wildman–Crippen MR) is 94.2 cm³/mol. The minimum absolute atomic E-state index is 0.0118. The first kappa shape index (κ1) is 17.5. The van der Waals surface area contributed by atoms with Gasteiger partial charge in [0.25, 0.3) is 0 Å². The van der Waals surface area contributed by atoms with Gasteiger partial charge in [0.2, 0.25) is 5.91 Å². The van der Waals surface area contributed by atoms with E-state index >= 15 is 0 Å². The molecule has 0 unspecified atom stereocenters. The summed E-state index contributed by atoms with van der Waals surface area (Å²) in [6.45, 7) is 4.16. The standard InChI is InChI=1S/C18H23NO3S/c1-4-19(14(2)13-23(3,21)22)18(20)12-16-10-7-9-15-8-5-6-11-17(15)16/h5-11,14H,4,12-13H2,1-3H3/t14-/m1/s1. The highest BCUT2D eigenvalue weighted by Gasteiger charge is 2.22. The van der Waals surface area contributed by atoms with Gasteiger partial charge < -0.3 is 4.90 Å². The van der Waals surface area contributed by atoms with Gasteiger partial charge in [-0.15, -0.1) is 0 Å². The van der Waals surface area contributed by atoms with Crippen molar-refractivity contribution in [3.63, 3.8) is 0 Å². The van der Waals surface area contributed by atoms with E-state index in [1.165, 1.54) is 6.26 Å². The summed E-state index contributed by atoms with van der Waals surface area (Å²) in [4.78, 5) is 14.3. The zero-order chi connectivity index (χ0) is 17.0. The molecule has 23 heavy (non-hydrogen) atoms. The molecule has 0 fully saturated rings. The normalized spacial score (nSPS) is 13.0. The summed E-state index contributed by atoms with van der Waals surface area (Å²) < 4.78 is 23.0. The average molecular weight is 333 g/mol. The van der Waals surface area contributed by atoms with Crippen molar-refractivity contribution in [1.29, 1.82) is 0 Å². The minimum atomic E-state index is -3.11. The first-order valence-corrected chi connectivity index (χ1v) is 9.81. The fraction of sp³-hybridized carbons (Fsp3) is 0.389. The quantitative estimate of drug-likeness (QED) is 0.817. The van der Waals surface area contributed by atoms with Crippen LogP contribution in [0, 0.1) is 0 Å². The number of hydrogen-bond donors (Lipinski definition) is 0. The van der Waals surface area contributed by atoms with Crippen LogP contribution >= 0.6 is 0 Å². The van der Waals surface area contributed by atoms with Gasteiger partial charge in [0.1, 0.15) is 9.84 Å². The summed E-state index contributed by atoms with van der Waals surface area (Å²) in [5.41, 5.74) is 0.970. The third-order valence-corrected chi connectivity index (χ3v) is 5.05. The molecule has 0 aliphatic carbocycles. The zero-order valence-electron chi connectivity index (χ0n) is 13.8. The molecular weight excluding hydrogens is 310 g/mol. The van der Waals surface area contributed by atoms with E-state index in [-0.39, 0.29) is 24.1 Å². The van der Waals surface area contributed by atoms with E-state index in [1.807, 2.05) is 49.4 Å².